The van der Waals surface area contributed by atoms with E-state index in [1.165, 1.54) is 11.8 Å². The number of halogens is 1. The Kier molecular flexibility index (Phi) is 7.67. The summed E-state index contributed by atoms with van der Waals surface area (Å²) in [4.78, 5) is 12.4. The predicted molar refractivity (Wildman–Crippen MR) is 147 cm³/mol. The molecule has 0 bridgehead atoms. The maximum atomic E-state index is 12.4. The van der Waals surface area contributed by atoms with E-state index < -0.39 is 0 Å². The quantitative estimate of drug-likeness (QED) is 0.210. The SMILES string of the molecule is COc1ccc(-c2cc(-c3nnc(SCC(=O)Nc4ccc(Br)cc4)o3)n(Cc3ccccc3)n2)cc1. The molecule has 5 aromatic rings. The lowest BCUT2D eigenvalue weighted by molar-refractivity contribution is -0.113. The zero-order chi connectivity index (χ0) is 25.6. The van der Waals surface area contributed by atoms with Crippen LogP contribution in [0.4, 0.5) is 5.69 Å². The number of methoxy groups -OCH3 is 1. The zero-order valence-electron chi connectivity index (χ0n) is 19.8. The number of ether oxygens (including phenoxy) is 1. The number of benzene rings is 3. The van der Waals surface area contributed by atoms with Crippen LogP contribution in [0.5, 0.6) is 5.75 Å². The lowest BCUT2D eigenvalue weighted by Gasteiger charge is -2.05. The van der Waals surface area contributed by atoms with Crippen LogP contribution >= 0.6 is 27.7 Å². The topological polar surface area (TPSA) is 95.1 Å². The number of rotatable bonds is 9. The van der Waals surface area contributed by atoms with E-state index in [2.05, 4.69) is 31.4 Å². The monoisotopic (exact) mass is 575 g/mol. The summed E-state index contributed by atoms with van der Waals surface area (Å²) in [5.74, 6) is 1.08. The number of hydrogen-bond donors (Lipinski definition) is 1. The average molecular weight is 576 g/mol. The van der Waals surface area contributed by atoms with Crippen molar-refractivity contribution < 1.29 is 13.9 Å². The molecule has 2 heterocycles. The number of hydrogen-bond acceptors (Lipinski definition) is 7. The highest BCUT2D eigenvalue weighted by Gasteiger charge is 2.18. The van der Waals surface area contributed by atoms with Gasteiger partial charge in [-0.15, -0.1) is 10.2 Å². The van der Waals surface area contributed by atoms with Gasteiger partial charge < -0.3 is 14.5 Å². The predicted octanol–water partition coefficient (Wildman–Crippen LogP) is 6.15. The van der Waals surface area contributed by atoms with E-state index in [4.69, 9.17) is 14.3 Å². The Morgan fingerprint density at radius 3 is 2.51 bits per heavy atom. The molecule has 0 aliphatic carbocycles. The highest BCUT2D eigenvalue weighted by atomic mass is 79.9. The summed E-state index contributed by atoms with van der Waals surface area (Å²) in [6, 6.07) is 27.0. The minimum atomic E-state index is -0.164. The molecule has 0 saturated carbocycles. The number of carbonyl (C=O) groups excluding carboxylic acids is 1. The fourth-order valence-electron chi connectivity index (χ4n) is 3.60. The van der Waals surface area contributed by atoms with Gasteiger partial charge in [0.1, 0.15) is 11.4 Å². The number of aromatic nitrogens is 4. The second kappa shape index (κ2) is 11.4. The molecule has 3 aromatic carbocycles. The smallest absolute Gasteiger partial charge is 0.277 e. The van der Waals surface area contributed by atoms with Gasteiger partial charge in [-0.3, -0.25) is 9.48 Å². The number of thioether (sulfide) groups is 1. The van der Waals surface area contributed by atoms with Crippen molar-refractivity contribution in [3.8, 4) is 28.6 Å². The molecule has 0 fully saturated rings. The van der Waals surface area contributed by atoms with E-state index in [0.717, 1.165) is 32.7 Å². The van der Waals surface area contributed by atoms with Crippen molar-refractivity contribution in [3.63, 3.8) is 0 Å². The highest BCUT2D eigenvalue weighted by molar-refractivity contribution is 9.10. The lowest BCUT2D eigenvalue weighted by atomic mass is 10.1. The van der Waals surface area contributed by atoms with Gasteiger partial charge in [0.2, 0.25) is 5.91 Å². The van der Waals surface area contributed by atoms with Crippen LogP contribution in [-0.2, 0) is 11.3 Å². The normalized spacial score (nSPS) is 10.9. The zero-order valence-corrected chi connectivity index (χ0v) is 22.2. The number of amides is 1. The van der Waals surface area contributed by atoms with Gasteiger partial charge in [0.25, 0.3) is 11.1 Å². The summed E-state index contributed by atoms with van der Waals surface area (Å²) in [5.41, 5.74) is 4.21. The molecule has 0 spiro atoms. The van der Waals surface area contributed by atoms with Gasteiger partial charge in [-0.25, -0.2) is 0 Å². The number of nitrogens with one attached hydrogen (secondary N) is 1. The van der Waals surface area contributed by atoms with Gasteiger partial charge in [-0.1, -0.05) is 58.0 Å². The van der Waals surface area contributed by atoms with Crippen LogP contribution in [-0.4, -0.2) is 38.7 Å². The van der Waals surface area contributed by atoms with E-state index in [9.17, 15) is 4.79 Å². The van der Waals surface area contributed by atoms with E-state index in [1.807, 2.05) is 89.6 Å². The van der Waals surface area contributed by atoms with Crippen molar-refractivity contribution in [2.45, 2.75) is 11.8 Å². The molecule has 1 amide bonds. The van der Waals surface area contributed by atoms with Crippen molar-refractivity contribution in [2.24, 2.45) is 0 Å². The second-order valence-electron chi connectivity index (χ2n) is 8.00. The van der Waals surface area contributed by atoms with Crippen LogP contribution in [0.25, 0.3) is 22.8 Å². The molecule has 0 aliphatic rings. The first kappa shape index (κ1) is 24.8. The van der Waals surface area contributed by atoms with Crippen LogP contribution < -0.4 is 10.1 Å². The van der Waals surface area contributed by atoms with Gasteiger partial charge >= 0.3 is 0 Å². The Morgan fingerprint density at radius 2 is 1.78 bits per heavy atom. The molecule has 8 nitrogen and oxygen atoms in total. The Hall–Kier alpha value is -3.89. The molecular formula is C27H22BrN5O3S. The molecule has 0 aliphatic heterocycles. The van der Waals surface area contributed by atoms with Gasteiger partial charge in [-0.05, 0) is 60.2 Å². The first-order chi connectivity index (χ1) is 18.1. The fourth-order valence-corrected chi connectivity index (χ4v) is 4.43. The summed E-state index contributed by atoms with van der Waals surface area (Å²) in [5, 5.41) is 16.4. The van der Waals surface area contributed by atoms with Crippen molar-refractivity contribution in [1.82, 2.24) is 20.0 Å². The van der Waals surface area contributed by atoms with Gasteiger partial charge in [-0.2, -0.15) is 5.10 Å². The molecule has 1 N–H and O–H groups in total. The van der Waals surface area contributed by atoms with Crippen molar-refractivity contribution in [3.05, 3.63) is 95.0 Å². The highest BCUT2D eigenvalue weighted by Crippen LogP contribution is 2.29. The molecule has 0 atom stereocenters. The molecule has 186 valence electrons. The summed E-state index contributed by atoms with van der Waals surface area (Å²) in [6.07, 6.45) is 0. The first-order valence-corrected chi connectivity index (χ1v) is 13.1. The van der Waals surface area contributed by atoms with E-state index in [1.54, 1.807) is 7.11 Å². The number of carbonyl (C=O) groups is 1. The summed E-state index contributed by atoms with van der Waals surface area (Å²) >= 11 is 4.56. The summed E-state index contributed by atoms with van der Waals surface area (Å²) in [7, 11) is 1.64. The lowest BCUT2D eigenvalue weighted by Crippen LogP contribution is -2.13. The van der Waals surface area contributed by atoms with Crippen molar-refractivity contribution in [1.29, 1.82) is 0 Å². The summed E-state index contributed by atoms with van der Waals surface area (Å²) in [6.45, 7) is 0.535. The third-order valence-electron chi connectivity index (χ3n) is 5.42. The van der Waals surface area contributed by atoms with E-state index >= 15 is 0 Å². The van der Waals surface area contributed by atoms with Gasteiger partial charge in [0.05, 0.1) is 25.1 Å². The molecule has 10 heteroatoms. The molecule has 37 heavy (non-hydrogen) atoms. The third kappa shape index (κ3) is 6.28. The fraction of sp³-hybridized carbons (Fsp3) is 0.111. The maximum absolute atomic E-state index is 12.4. The minimum absolute atomic E-state index is 0.137. The van der Waals surface area contributed by atoms with Crippen LogP contribution in [0, 0.1) is 0 Å². The van der Waals surface area contributed by atoms with Crippen LogP contribution in [0.15, 0.2) is 99.0 Å². The first-order valence-electron chi connectivity index (χ1n) is 11.4. The van der Waals surface area contributed by atoms with Gasteiger partial charge in [0, 0.05) is 15.7 Å². The molecule has 0 unspecified atom stereocenters. The molecule has 0 saturated heterocycles. The van der Waals surface area contributed by atoms with E-state index in [-0.39, 0.29) is 11.7 Å². The third-order valence-corrected chi connectivity index (χ3v) is 6.77. The standard InChI is InChI=1S/C27H22BrN5O3S/c1-35-22-13-7-19(8-14-22)23-15-24(33(32-23)16-18-5-3-2-4-6-18)26-30-31-27(36-26)37-17-25(34)29-21-11-9-20(28)10-12-21/h2-15H,16-17H2,1H3,(H,29,34). The number of anilines is 1. The Bertz CT molecular complexity index is 1490. The van der Waals surface area contributed by atoms with Crippen LogP contribution in [0.3, 0.4) is 0 Å². The van der Waals surface area contributed by atoms with Crippen molar-refractivity contribution >= 4 is 39.3 Å². The van der Waals surface area contributed by atoms with E-state index in [0.29, 0.717) is 23.4 Å². The molecule has 5 rings (SSSR count). The molecule has 2 aromatic heterocycles. The molecule has 0 radical (unpaired) electrons. The minimum Gasteiger partial charge on any atom is -0.497 e. The Labute approximate surface area is 226 Å². The Morgan fingerprint density at radius 1 is 1.03 bits per heavy atom. The van der Waals surface area contributed by atoms with Crippen molar-refractivity contribution in [2.75, 3.05) is 18.2 Å². The van der Waals surface area contributed by atoms with Crippen LogP contribution in [0.2, 0.25) is 0 Å². The largest absolute Gasteiger partial charge is 0.497 e. The Balaban J connectivity index is 1.34. The average Bonchev–Trinajstić information content (AvgIpc) is 3.57. The number of nitrogens with zero attached hydrogens (tertiary/aromatic N) is 4. The molecular weight excluding hydrogens is 554 g/mol. The maximum Gasteiger partial charge on any atom is 0.277 e. The summed E-state index contributed by atoms with van der Waals surface area (Å²) < 4.78 is 14.0. The van der Waals surface area contributed by atoms with Crippen LogP contribution in [0.1, 0.15) is 5.56 Å². The van der Waals surface area contributed by atoms with Gasteiger partial charge in [0.15, 0.2) is 0 Å². The second-order valence-corrected chi connectivity index (χ2v) is 9.85.